The Kier molecular flexibility index (Phi) is 4.09. The predicted octanol–water partition coefficient (Wildman–Crippen LogP) is 4.85. The average molecular weight is 278 g/mol. The van der Waals surface area contributed by atoms with Crippen LogP contribution in [0.4, 0.5) is 0 Å². The summed E-state index contributed by atoms with van der Waals surface area (Å²) in [5.74, 6) is 1.30. The molecule has 0 aliphatic rings. The summed E-state index contributed by atoms with van der Waals surface area (Å²) in [4.78, 5) is 0. The van der Waals surface area contributed by atoms with Crippen LogP contribution < -0.4 is 4.74 Å². The van der Waals surface area contributed by atoms with Crippen molar-refractivity contribution in [1.29, 1.82) is 5.26 Å². The fourth-order valence-electron chi connectivity index (χ4n) is 1.50. The van der Waals surface area contributed by atoms with E-state index in [2.05, 4.69) is 6.07 Å². The van der Waals surface area contributed by atoms with Crippen LogP contribution in [0.1, 0.15) is 5.56 Å². The predicted molar refractivity (Wildman–Crippen MR) is 72.3 cm³/mol. The van der Waals surface area contributed by atoms with Crippen LogP contribution >= 0.6 is 23.2 Å². The van der Waals surface area contributed by atoms with E-state index in [-0.39, 0.29) is 6.42 Å². The first kappa shape index (κ1) is 12.8. The maximum absolute atomic E-state index is 8.77. The van der Waals surface area contributed by atoms with E-state index in [1.807, 2.05) is 0 Å². The molecule has 0 fully saturated rings. The molecule has 0 spiro atoms. The molecule has 0 saturated carbocycles. The van der Waals surface area contributed by atoms with Crippen molar-refractivity contribution in [2.45, 2.75) is 6.42 Å². The quantitative estimate of drug-likeness (QED) is 0.803. The van der Waals surface area contributed by atoms with Crippen molar-refractivity contribution in [1.82, 2.24) is 0 Å². The van der Waals surface area contributed by atoms with Gasteiger partial charge in [-0.2, -0.15) is 5.26 Å². The fraction of sp³-hybridized carbons (Fsp3) is 0.0714. The highest BCUT2D eigenvalue weighted by atomic mass is 35.5. The summed E-state index contributed by atoms with van der Waals surface area (Å²) in [6.45, 7) is 0. The first-order valence-electron chi connectivity index (χ1n) is 5.28. The zero-order valence-electron chi connectivity index (χ0n) is 9.36. The molecule has 0 unspecified atom stereocenters. The van der Waals surface area contributed by atoms with Gasteiger partial charge in [0.2, 0.25) is 0 Å². The number of rotatable bonds is 3. The Morgan fingerprint density at radius 3 is 2.33 bits per heavy atom. The largest absolute Gasteiger partial charge is 0.457 e. The van der Waals surface area contributed by atoms with Crippen molar-refractivity contribution >= 4 is 23.2 Å². The van der Waals surface area contributed by atoms with E-state index >= 15 is 0 Å². The van der Waals surface area contributed by atoms with Crippen LogP contribution in [0.15, 0.2) is 42.5 Å². The lowest BCUT2D eigenvalue weighted by atomic mass is 10.1. The van der Waals surface area contributed by atoms with Crippen LogP contribution in [0, 0.1) is 11.3 Å². The van der Waals surface area contributed by atoms with E-state index < -0.39 is 0 Å². The molecule has 2 rings (SSSR count). The van der Waals surface area contributed by atoms with Crippen LogP contribution in [0.25, 0.3) is 0 Å². The molecule has 2 nitrogen and oxygen atoms in total. The molecule has 2 aromatic carbocycles. The molecule has 0 aliphatic carbocycles. The van der Waals surface area contributed by atoms with Crippen LogP contribution in [-0.4, -0.2) is 0 Å². The number of hydrogen-bond acceptors (Lipinski definition) is 2. The third kappa shape index (κ3) is 3.16. The summed E-state index contributed by atoms with van der Waals surface area (Å²) >= 11 is 11.7. The van der Waals surface area contributed by atoms with Crippen LogP contribution in [0.3, 0.4) is 0 Å². The van der Waals surface area contributed by atoms with Gasteiger partial charge in [-0.25, -0.2) is 0 Å². The second-order valence-corrected chi connectivity index (χ2v) is 4.52. The highest BCUT2D eigenvalue weighted by molar-refractivity contribution is 6.30. The number of ether oxygens (including phenoxy) is 1. The topological polar surface area (TPSA) is 33.0 Å². The van der Waals surface area contributed by atoms with E-state index in [9.17, 15) is 0 Å². The summed E-state index contributed by atoms with van der Waals surface area (Å²) in [7, 11) is 0. The maximum atomic E-state index is 8.77. The fourth-order valence-corrected chi connectivity index (χ4v) is 1.82. The number of hydrogen-bond donors (Lipinski definition) is 0. The molecule has 4 heteroatoms. The molecule has 90 valence electrons. The second-order valence-electron chi connectivity index (χ2n) is 3.64. The minimum Gasteiger partial charge on any atom is -0.457 e. The molecule has 0 amide bonds. The van der Waals surface area contributed by atoms with E-state index in [1.54, 1.807) is 42.5 Å². The van der Waals surface area contributed by atoms with Gasteiger partial charge >= 0.3 is 0 Å². The van der Waals surface area contributed by atoms with Gasteiger partial charge in [0.15, 0.2) is 0 Å². The molecule has 0 aliphatic heterocycles. The average Bonchev–Trinajstić information content (AvgIpc) is 2.36. The van der Waals surface area contributed by atoms with Gasteiger partial charge in [0.1, 0.15) is 11.5 Å². The third-order valence-corrected chi connectivity index (χ3v) is 2.82. The monoisotopic (exact) mass is 277 g/mol. The van der Waals surface area contributed by atoms with E-state index in [0.29, 0.717) is 21.5 Å². The minimum atomic E-state index is 0.253. The minimum absolute atomic E-state index is 0.253. The van der Waals surface area contributed by atoms with Gasteiger partial charge in [-0.05, 0) is 42.5 Å². The van der Waals surface area contributed by atoms with Crippen molar-refractivity contribution in [3.8, 4) is 17.6 Å². The summed E-state index contributed by atoms with van der Waals surface area (Å²) in [5, 5.41) is 10.0. The van der Waals surface area contributed by atoms with Crippen molar-refractivity contribution in [2.24, 2.45) is 0 Å². The standard InChI is InChI=1S/C14H9Cl2NO/c15-11-1-4-13(5-2-11)18-14-6-3-12(16)9-10(14)7-8-17/h1-6,9H,7H2. The Bertz CT molecular complexity index is 588. The number of halogens is 2. The lowest BCUT2D eigenvalue weighted by molar-refractivity contribution is 0.478. The molecule has 0 radical (unpaired) electrons. The van der Waals surface area contributed by atoms with Gasteiger partial charge in [0.05, 0.1) is 12.5 Å². The van der Waals surface area contributed by atoms with Gasteiger partial charge in [-0.1, -0.05) is 23.2 Å². The highest BCUT2D eigenvalue weighted by Gasteiger charge is 2.06. The lowest BCUT2D eigenvalue weighted by Crippen LogP contribution is -1.91. The van der Waals surface area contributed by atoms with Gasteiger partial charge in [-0.15, -0.1) is 0 Å². The summed E-state index contributed by atoms with van der Waals surface area (Å²) < 4.78 is 5.70. The van der Waals surface area contributed by atoms with Gasteiger partial charge in [0, 0.05) is 15.6 Å². The molecule has 0 atom stereocenters. The highest BCUT2D eigenvalue weighted by Crippen LogP contribution is 2.28. The van der Waals surface area contributed by atoms with Gasteiger partial charge in [0.25, 0.3) is 0 Å². The van der Waals surface area contributed by atoms with Crippen LogP contribution in [0.2, 0.25) is 10.0 Å². The zero-order chi connectivity index (χ0) is 13.0. The number of nitrogens with zero attached hydrogens (tertiary/aromatic N) is 1. The van der Waals surface area contributed by atoms with E-state index in [1.165, 1.54) is 0 Å². The Labute approximate surface area is 115 Å². The molecule has 2 aromatic rings. The van der Waals surface area contributed by atoms with Crippen molar-refractivity contribution in [3.05, 3.63) is 58.1 Å². The molecular formula is C14H9Cl2NO. The van der Waals surface area contributed by atoms with E-state index in [4.69, 9.17) is 33.2 Å². The van der Waals surface area contributed by atoms with Crippen molar-refractivity contribution in [3.63, 3.8) is 0 Å². The number of nitriles is 1. The van der Waals surface area contributed by atoms with E-state index in [0.717, 1.165) is 5.56 Å². The molecule has 0 heterocycles. The molecule has 0 saturated heterocycles. The molecule has 18 heavy (non-hydrogen) atoms. The smallest absolute Gasteiger partial charge is 0.131 e. The Morgan fingerprint density at radius 2 is 1.67 bits per heavy atom. The Hall–Kier alpha value is -1.69. The molecule has 0 aromatic heterocycles. The van der Waals surface area contributed by atoms with Crippen LogP contribution in [0.5, 0.6) is 11.5 Å². The van der Waals surface area contributed by atoms with Gasteiger partial charge in [-0.3, -0.25) is 0 Å². The van der Waals surface area contributed by atoms with Crippen molar-refractivity contribution < 1.29 is 4.74 Å². The maximum Gasteiger partial charge on any atom is 0.131 e. The summed E-state index contributed by atoms with van der Waals surface area (Å²) in [6.07, 6.45) is 0.253. The molecule has 0 N–H and O–H groups in total. The molecular weight excluding hydrogens is 269 g/mol. The van der Waals surface area contributed by atoms with Crippen molar-refractivity contribution in [2.75, 3.05) is 0 Å². The SMILES string of the molecule is N#CCc1cc(Cl)ccc1Oc1ccc(Cl)cc1. The molecule has 0 bridgehead atoms. The first-order chi connectivity index (χ1) is 8.69. The third-order valence-electron chi connectivity index (χ3n) is 2.33. The summed E-state index contributed by atoms with van der Waals surface area (Å²) in [5.41, 5.74) is 0.764. The zero-order valence-corrected chi connectivity index (χ0v) is 10.9. The number of benzene rings is 2. The van der Waals surface area contributed by atoms with Gasteiger partial charge < -0.3 is 4.74 Å². The normalized spacial score (nSPS) is 9.83. The lowest BCUT2D eigenvalue weighted by Gasteiger charge is -2.09. The van der Waals surface area contributed by atoms with Crippen LogP contribution in [-0.2, 0) is 6.42 Å². The summed E-state index contributed by atoms with van der Waals surface area (Å²) in [6, 6.07) is 14.3. The Morgan fingerprint density at radius 1 is 1.00 bits per heavy atom. The Balaban J connectivity index is 2.28. The first-order valence-corrected chi connectivity index (χ1v) is 6.03. The second kappa shape index (κ2) is 5.77.